The van der Waals surface area contributed by atoms with Gasteiger partial charge in [-0.15, -0.1) is 0 Å². The number of nitrogens with one attached hydrogen (secondary N) is 1. The Morgan fingerprint density at radius 3 is 2.62 bits per heavy atom. The van der Waals surface area contributed by atoms with Gasteiger partial charge in [0.25, 0.3) is 5.91 Å². The number of benzene rings is 2. The van der Waals surface area contributed by atoms with Gasteiger partial charge in [0.1, 0.15) is 10.7 Å². The number of nitrogens with two attached hydrogens (primary N) is 1. The molecular formula is C15H13BrN2O2S. The minimum Gasteiger partial charge on any atom is -0.507 e. The van der Waals surface area contributed by atoms with Crippen LogP contribution in [-0.2, 0) is 0 Å². The molecule has 0 aliphatic carbocycles. The van der Waals surface area contributed by atoms with Crippen molar-refractivity contribution in [2.24, 2.45) is 5.73 Å². The van der Waals surface area contributed by atoms with E-state index in [1.807, 2.05) is 6.92 Å². The zero-order chi connectivity index (χ0) is 15.6. The molecule has 0 saturated carbocycles. The molecule has 0 radical (unpaired) electrons. The largest absolute Gasteiger partial charge is 0.507 e. The molecule has 1 amide bonds. The Balaban J connectivity index is 2.27. The van der Waals surface area contributed by atoms with Crippen LogP contribution in [0.5, 0.6) is 5.75 Å². The minimum atomic E-state index is -0.389. The van der Waals surface area contributed by atoms with Gasteiger partial charge in [-0.05, 0) is 53.2 Å². The van der Waals surface area contributed by atoms with Crippen LogP contribution in [0.4, 0.5) is 5.69 Å². The van der Waals surface area contributed by atoms with Crippen molar-refractivity contribution in [1.82, 2.24) is 0 Å². The molecule has 4 N–H and O–H groups in total. The Kier molecular flexibility index (Phi) is 4.59. The first-order chi connectivity index (χ1) is 9.88. The standard InChI is InChI=1S/C15H13BrN2O2S/c1-8-2-5-13(19)10(6-8)15(20)18-12-4-3-9(14(17)21)7-11(12)16/h2-7,19H,1H3,(H2,17,21)(H,18,20). The van der Waals surface area contributed by atoms with E-state index in [2.05, 4.69) is 21.2 Å². The van der Waals surface area contributed by atoms with Crippen LogP contribution in [0.1, 0.15) is 21.5 Å². The predicted octanol–water partition coefficient (Wildman–Crippen LogP) is 3.35. The van der Waals surface area contributed by atoms with Crippen LogP contribution in [0, 0.1) is 6.92 Å². The van der Waals surface area contributed by atoms with Gasteiger partial charge < -0.3 is 16.2 Å². The van der Waals surface area contributed by atoms with Gasteiger partial charge in [0.2, 0.25) is 0 Å². The number of aromatic hydroxyl groups is 1. The molecule has 6 heteroatoms. The van der Waals surface area contributed by atoms with E-state index in [1.165, 1.54) is 6.07 Å². The minimum absolute atomic E-state index is 0.0611. The first-order valence-electron chi connectivity index (χ1n) is 6.09. The summed E-state index contributed by atoms with van der Waals surface area (Å²) in [7, 11) is 0. The summed E-state index contributed by atoms with van der Waals surface area (Å²) in [6.45, 7) is 1.85. The van der Waals surface area contributed by atoms with E-state index in [-0.39, 0.29) is 22.2 Å². The lowest BCUT2D eigenvalue weighted by Crippen LogP contribution is -2.14. The highest BCUT2D eigenvalue weighted by Gasteiger charge is 2.13. The number of hydrogen-bond donors (Lipinski definition) is 3. The van der Waals surface area contributed by atoms with Crippen molar-refractivity contribution in [3.63, 3.8) is 0 Å². The van der Waals surface area contributed by atoms with Crippen molar-refractivity contribution in [1.29, 1.82) is 0 Å². The number of hydrogen-bond acceptors (Lipinski definition) is 3. The molecular weight excluding hydrogens is 352 g/mol. The number of aryl methyl sites for hydroxylation is 1. The molecule has 4 nitrogen and oxygen atoms in total. The number of anilines is 1. The quantitative estimate of drug-likeness (QED) is 0.730. The second-order valence-corrected chi connectivity index (χ2v) is 5.83. The van der Waals surface area contributed by atoms with E-state index < -0.39 is 0 Å². The van der Waals surface area contributed by atoms with Crippen LogP contribution in [0.15, 0.2) is 40.9 Å². The third-order valence-corrected chi connectivity index (χ3v) is 3.79. The predicted molar refractivity (Wildman–Crippen MR) is 90.8 cm³/mol. The van der Waals surface area contributed by atoms with Gasteiger partial charge in [-0.2, -0.15) is 0 Å². The molecule has 21 heavy (non-hydrogen) atoms. The summed E-state index contributed by atoms with van der Waals surface area (Å²) in [6, 6.07) is 10.0. The second kappa shape index (κ2) is 6.24. The van der Waals surface area contributed by atoms with Crippen LogP contribution in [0.25, 0.3) is 0 Å². The normalized spacial score (nSPS) is 10.2. The highest BCUT2D eigenvalue weighted by molar-refractivity contribution is 9.10. The van der Waals surface area contributed by atoms with Gasteiger partial charge >= 0.3 is 0 Å². The fraction of sp³-hybridized carbons (Fsp3) is 0.0667. The van der Waals surface area contributed by atoms with Gasteiger partial charge in [0.05, 0.1) is 11.3 Å². The van der Waals surface area contributed by atoms with Crippen LogP contribution < -0.4 is 11.1 Å². The third-order valence-electron chi connectivity index (χ3n) is 2.90. The molecule has 0 spiro atoms. The summed E-state index contributed by atoms with van der Waals surface area (Å²) >= 11 is 8.25. The summed E-state index contributed by atoms with van der Waals surface area (Å²) in [6.07, 6.45) is 0. The first-order valence-corrected chi connectivity index (χ1v) is 7.29. The Hall–Kier alpha value is -1.92. The fourth-order valence-corrected chi connectivity index (χ4v) is 2.40. The Bertz CT molecular complexity index is 732. The van der Waals surface area contributed by atoms with E-state index in [1.54, 1.807) is 30.3 Å². The highest BCUT2D eigenvalue weighted by Crippen LogP contribution is 2.26. The summed E-state index contributed by atoms with van der Waals surface area (Å²) in [4.78, 5) is 12.5. The number of carbonyl (C=O) groups is 1. The molecule has 0 bridgehead atoms. The monoisotopic (exact) mass is 364 g/mol. The van der Waals surface area contributed by atoms with Gasteiger partial charge in [0, 0.05) is 10.0 Å². The van der Waals surface area contributed by atoms with Crippen LogP contribution in [0.2, 0.25) is 0 Å². The summed E-state index contributed by atoms with van der Waals surface area (Å²) in [5.41, 5.74) is 7.94. The molecule has 0 atom stereocenters. The molecule has 0 aliphatic heterocycles. The lowest BCUT2D eigenvalue weighted by Gasteiger charge is -2.10. The smallest absolute Gasteiger partial charge is 0.259 e. The van der Waals surface area contributed by atoms with Crippen molar-refractivity contribution < 1.29 is 9.90 Å². The zero-order valence-corrected chi connectivity index (χ0v) is 13.6. The summed E-state index contributed by atoms with van der Waals surface area (Å²) < 4.78 is 0.660. The van der Waals surface area contributed by atoms with Crippen molar-refractivity contribution in [3.8, 4) is 5.75 Å². The molecule has 0 aromatic heterocycles. The molecule has 0 unspecified atom stereocenters. The molecule has 0 saturated heterocycles. The number of rotatable bonds is 3. The number of phenolic OH excluding ortho intramolecular Hbond substituents is 1. The van der Waals surface area contributed by atoms with Crippen LogP contribution in [0.3, 0.4) is 0 Å². The van der Waals surface area contributed by atoms with Crippen molar-refractivity contribution in [2.75, 3.05) is 5.32 Å². The topological polar surface area (TPSA) is 75.3 Å². The third kappa shape index (κ3) is 3.59. The Morgan fingerprint density at radius 2 is 2.00 bits per heavy atom. The maximum atomic E-state index is 12.2. The highest BCUT2D eigenvalue weighted by atomic mass is 79.9. The number of thiocarbonyl (C=S) groups is 1. The van der Waals surface area contributed by atoms with Gasteiger partial charge in [-0.1, -0.05) is 23.8 Å². The number of amides is 1. The average molecular weight is 365 g/mol. The molecule has 2 rings (SSSR count). The SMILES string of the molecule is Cc1ccc(O)c(C(=O)Nc2ccc(C(N)=S)cc2Br)c1. The Morgan fingerprint density at radius 1 is 1.29 bits per heavy atom. The molecule has 2 aromatic rings. The molecule has 2 aromatic carbocycles. The van der Waals surface area contributed by atoms with Crippen LogP contribution >= 0.6 is 28.1 Å². The first kappa shape index (κ1) is 15.5. The summed E-state index contributed by atoms with van der Waals surface area (Å²) in [5, 5.41) is 12.5. The molecule has 0 fully saturated rings. The fourth-order valence-electron chi connectivity index (χ4n) is 1.79. The lowest BCUT2D eigenvalue weighted by molar-refractivity contribution is 0.102. The van der Waals surface area contributed by atoms with Crippen LogP contribution in [-0.4, -0.2) is 16.0 Å². The van der Waals surface area contributed by atoms with Gasteiger partial charge in [-0.3, -0.25) is 4.79 Å². The van der Waals surface area contributed by atoms with Crippen molar-refractivity contribution in [2.45, 2.75) is 6.92 Å². The van der Waals surface area contributed by atoms with Gasteiger partial charge in [-0.25, -0.2) is 0 Å². The lowest BCUT2D eigenvalue weighted by atomic mass is 10.1. The second-order valence-electron chi connectivity index (χ2n) is 4.53. The van der Waals surface area contributed by atoms with E-state index in [4.69, 9.17) is 18.0 Å². The molecule has 0 heterocycles. The average Bonchev–Trinajstić information content (AvgIpc) is 2.43. The Labute approximate surface area is 136 Å². The molecule has 0 aliphatic rings. The van der Waals surface area contributed by atoms with E-state index >= 15 is 0 Å². The number of carbonyl (C=O) groups excluding carboxylic acids is 1. The number of halogens is 1. The summed E-state index contributed by atoms with van der Waals surface area (Å²) in [5.74, 6) is -0.450. The zero-order valence-electron chi connectivity index (χ0n) is 11.2. The van der Waals surface area contributed by atoms with Gasteiger partial charge in [0.15, 0.2) is 0 Å². The number of phenols is 1. The van der Waals surface area contributed by atoms with Crippen molar-refractivity contribution >= 4 is 44.7 Å². The van der Waals surface area contributed by atoms with E-state index in [0.29, 0.717) is 15.7 Å². The van der Waals surface area contributed by atoms with E-state index in [9.17, 15) is 9.90 Å². The maximum Gasteiger partial charge on any atom is 0.259 e. The maximum absolute atomic E-state index is 12.2. The molecule has 108 valence electrons. The van der Waals surface area contributed by atoms with Crippen molar-refractivity contribution in [3.05, 3.63) is 57.6 Å². The van der Waals surface area contributed by atoms with E-state index in [0.717, 1.165) is 5.56 Å².